The first-order valence-corrected chi connectivity index (χ1v) is 6.74. The number of anilines is 1. The topological polar surface area (TPSA) is 64.7 Å². The zero-order valence-corrected chi connectivity index (χ0v) is 11.0. The highest BCUT2D eigenvalue weighted by Gasteiger charge is 2.06. The van der Waals surface area contributed by atoms with E-state index >= 15 is 0 Å². The standard InChI is InChI=1S/C14H12N4S/c15-11-3-1-10(2-4-11)7-14-18-13(9-19-14)12-8-16-5-6-17-12/h1-6,8-9H,7,15H2. The molecule has 0 bridgehead atoms. The van der Waals surface area contributed by atoms with Crippen LogP contribution in [0.1, 0.15) is 10.6 Å². The lowest BCUT2D eigenvalue weighted by atomic mass is 10.1. The Morgan fingerprint density at radius 2 is 1.89 bits per heavy atom. The third-order valence-corrected chi connectivity index (χ3v) is 3.56. The molecule has 1 aromatic carbocycles. The highest BCUT2D eigenvalue weighted by Crippen LogP contribution is 2.21. The zero-order chi connectivity index (χ0) is 13.1. The van der Waals surface area contributed by atoms with Crippen molar-refractivity contribution >= 4 is 17.0 Å². The largest absolute Gasteiger partial charge is 0.399 e. The molecule has 0 radical (unpaired) electrons. The fourth-order valence-electron chi connectivity index (χ4n) is 1.75. The van der Waals surface area contributed by atoms with Crippen molar-refractivity contribution in [3.63, 3.8) is 0 Å². The number of thiazole rings is 1. The van der Waals surface area contributed by atoms with Gasteiger partial charge in [-0.1, -0.05) is 12.1 Å². The van der Waals surface area contributed by atoms with Crippen molar-refractivity contribution in [1.29, 1.82) is 0 Å². The van der Waals surface area contributed by atoms with Crippen LogP contribution in [0.3, 0.4) is 0 Å². The van der Waals surface area contributed by atoms with E-state index in [0.29, 0.717) is 0 Å². The average Bonchev–Trinajstić information content (AvgIpc) is 2.91. The number of rotatable bonds is 3. The lowest BCUT2D eigenvalue weighted by Gasteiger charge is -1.98. The van der Waals surface area contributed by atoms with Gasteiger partial charge in [0.1, 0.15) is 11.4 Å². The molecule has 0 spiro atoms. The number of nitrogens with two attached hydrogens (primary N) is 1. The van der Waals surface area contributed by atoms with Crippen molar-refractivity contribution in [2.24, 2.45) is 0 Å². The van der Waals surface area contributed by atoms with Gasteiger partial charge in [0.2, 0.25) is 0 Å². The summed E-state index contributed by atoms with van der Waals surface area (Å²) in [6.07, 6.45) is 5.87. The number of benzene rings is 1. The van der Waals surface area contributed by atoms with E-state index in [1.165, 1.54) is 5.56 Å². The molecule has 5 heteroatoms. The minimum absolute atomic E-state index is 0.781. The van der Waals surface area contributed by atoms with Gasteiger partial charge in [0.15, 0.2) is 0 Å². The lowest BCUT2D eigenvalue weighted by molar-refractivity contribution is 1.12. The molecular formula is C14H12N4S. The quantitative estimate of drug-likeness (QED) is 0.742. The molecule has 0 unspecified atom stereocenters. The van der Waals surface area contributed by atoms with E-state index in [0.717, 1.165) is 28.5 Å². The minimum atomic E-state index is 0.781. The predicted octanol–water partition coefficient (Wildman–Crippen LogP) is 2.77. The summed E-state index contributed by atoms with van der Waals surface area (Å²) in [6, 6.07) is 7.87. The van der Waals surface area contributed by atoms with Gasteiger partial charge >= 0.3 is 0 Å². The molecular weight excluding hydrogens is 256 g/mol. The maximum atomic E-state index is 5.67. The fourth-order valence-corrected chi connectivity index (χ4v) is 2.57. The average molecular weight is 268 g/mol. The Kier molecular flexibility index (Phi) is 3.20. The molecule has 94 valence electrons. The zero-order valence-electron chi connectivity index (χ0n) is 10.2. The molecule has 4 nitrogen and oxygen atoms in total. The highest BCUT2D eigenvalue weighted by atomic mass is 32.1. The third kappa shape index (κ3) is 2.77. The molecule has 19 heavy (non-hydrogen) atoms. The molecule has 0 aliphatic heterocycles. The Bertz CT molecular complexity index is 661. The number of hydrogen-bond acceptors (Lipinski definition) is 5. The van der Waals surface area contributed by atoms with Crippen LogP contribution < -0.4 is 5.73 Å². The molecule has 0 atom stereocenters. The van der Waals surface area contributed by atoms with Gasteiger partial charge < -0.3 is 5.73 Å². The van der Waals surface area contributed by atoms with Gasteiger partial charge in [-0.25, -0.2) is 4.98 Å². The van der Waals surface area contributed by atoms with E-state index in [1.807, 2.05) is 29.6 Å². The normalized spacial score (nSPS) is 10.5. The van der Waals surface area contributed by atoms with Crippen LogP contribution in [0.25, 0.3) is 11.4 Å². The molecule has 0 amide bonds. The molecule has 3 aromatic rings. The van der Waals surface area contributed by atoms with Crippen LogP contribution in [0.2, 0.25) is 0 Å². The van der Waals surface area contributed by atoms with Gasteiger partial charge in [-0.2, -0.15) is 0 Å². The Hall–Kier alpha value is -2.27. The Balaban J connectivity index is 1.80. The smallest absolute Gasteiger partial charge is 0.108 e. The van der Waals surface area contributed by atoms with Gasteiger partial charge in [-0.3, -0.25) is 9.97 Å². The Labute approximate surface area is 115 Å². The SMILES string of the molecule is Nc1ccc(Cc2nc(-c3cnccn3)cs2)cc1. The second kappa shape index (κ2) is 5.16. The fraction of sp³-hybridized carbons (Fsp3) is 0.0714. The summed E-state index contributed by atoms with van der Waals surface area (Å²) in [4.78, 5) is 12.9. The molecule has 0 aliphatic carbocycles. The number of hydrogen-bond donors (Lipinski definition) is 1. The van der Waals surface area contributed by atoms with Crippen molar-refractivity contribution < 1.29 is 0 Å². The lowest BCUT2D eigenvalue weighted by Crippen LogP contribution is -1.90. The van der Waals surface area contributed by atoms with Crippen molar-refractivity contribution in [1.82, 2.24) is 15.0 Å². The summed E-state index contributed by atoms with van der Waals surface area (Å²) in [7, 11) is 0. The summed E-state index contributed by atoms with van der Waals surface area (Å²) in [6.45, 7) is 0. The van der Waals surface area contributed by atoms with Crippen LogP contribution in [0.15, 0.2) is 48.2 Å². The van der Waals surface area contributed by atoms with Gasteiger partial charge in [0.05, 0.1) is 11.2 Å². The maximum absolute atomic E-state index is 5.67. The molecule has 0 saturated carbocycles. The highest BCUT2D eigenvalue weighted by molar-refractivity contribution is 7.10. The number of nitrogens with zero attached hydrogens (tertiary/aromatic N) is 3. The van der Waals surface area contributed by atoms with E-state index in [1.54, 1.807) is 29.9 Å². The first kappa shape index (κ1) is 11.8. The van der Waals surface area contributed by atoms with E-state index in [4.69, 9.17) is 5.73 Å². The van der Waals surface area contributed by atoms with E-state index < -0.39 is 0 Å². The molecule has 2 heterocycles. The first-order chi connectivity index (χ1) is 9.31. The van der Waals surface area contributed by atoms with Crippen molar-refractivity contribution in [3.8, 4) is 11.4 Å². The Morgan fingerprint density at radius 1 is 1.05 bits per heavy atom. The molecule has 2 N–H and O–H groups in total. The maximum Gasteiger partial charge on any atom is 0.108 e. The summed E-state index contributed by atoms with van der Waals surface area (Å²) in [5.74, 6) is 0. The van der Waals surface area contributed by atoms with Gasteiger partial charge in [0.25, 0.3) is 0 Å². The minimum Gasteiger partial charge on any atom is -0.399 e. The van der Waals surface area contributed by atoms with Crippen LogP contribution in [-0.2, 0) is 6.42 Å². The third-order valence-electron chi connectivity index (χ3n) is 2.71. The number of nitrogen functional groups attached to an aromatic ring is 1. The van der Waals surface area contributed by atoms with Gasteiger partial charge in [-0.15, -0.1) is 11.3 Å². The molecule has 2 aromatic heterocycles. The van der Waals surface area contributed by atoms with Crippen LogP contribution in [0.4, 0.5) is 5.69 Å². The first-order valence-electron chi connectivity index (χ1n) is 5.86. The van der Waals surface area contributed by atoms with E-state index in [-0.39, 0.29) is 0 Å². The van der Waals surface area contributed by atoms with Gasteiger partial charge in [-0.05, 0) is 17.7 Å². The van der Waals surface area contributed by atoms with Crippen LogP contribution in [-0.4, -0.2) is 15.0 Å². The second-order valence-corrected chi connectivity index (χ2v) is 5.08. The summed E-state index contributed by atoms with van der Waals surface area (Å²) in [5, 5.41) is 3.07. The van der Waals surface area contributed by atoms with E-state index in [9.17, 15) is 0 Å². The van der Waals surface area contributed by atoms with Crippen LogP contribution >= 0.6 is 11.3 Å². The van der Waals surface area contributed by atoms with Crippen LogP contribution in [0, 0.1) is 0 Å². The summed E-state index contributed by atoms with van der Waals surface area (Å²) in [5.41, 5.74) is 9.34. The van der Waals surface area contributed by atoms with Crippen molar-refractivity contribution in [2.75, 3.05) is 5.73 Å². The Morgan fingerprint density at radius 3 is 2.63 bits per heavy atom. The van der Waals surface area contributed by atoms with Crippen molar-refractivity contribution in [3.05, 3.63) is 58.8 Å². The predicted molar refractivity (Wildman–Crippen MR) is 76.8 cm³/mol. The summed E-state index contributed by atoms with van der Waals surface area (Å²) < 4.78 is 0. The van der Waals surface area contributed by atoms with Crippen molar-refractivity contribution in [2.45, 2.75) is 6.42 Å². The van der Waals surface area contributed by atoms with Gasteiger partial charge in [0, 0.05) is 29.9 Å². The van der Waals surface area contributed by atoms with Crippen LogP contribution in [0.5, 0.6) is 0 Å². The molecule has 0 fully saturated rings. The summed E-state index contributed by atoms with van der Waals surface area (Å²) >= 11 is 1.63. The monoisotopic (exact) mass is 268 g/mol. The second-order valence-electron chi connectivity index (χ2n) is 4.14. The molecule has 0 aliphatic rings. The number of aromatic nitrogens is 3. The molecule has 3 rings (SSSR count). The molecule has 0 saturated heterocycles. The van der Waals surface area contributed by atoms with E-state index in [2.05, 4.69) is 15.0 Å².